The van der Waals surface area contributed by atoms with Gasteiger partial charge in [0.1, 0.15) is 23.1 Å². The second-order valence-corrected chi connectivity index (χ2v) is 5.92. The normalized spacial score (nSPS) is 10.7. The van der Waals surface area contributed by atoms with Gasteiger partial charge in [-0.05, 0) is 52.0 Å². The van der Waals surface area contributed by atoms with Crippen molar-refractivity contribution in [2.75, 3.05) is 0 Å². The predicted octanol–water partition coefficient (Wildman–Crippen LogP) is 4.26. The Labute approximate surface area is 147 Å². The maximum Gasteiger partial charge on any atom is 0.576 e. The van der Waals surface area contributed by atoms with Crippen molar-refractivity contribution in [2.24, 2.45) is 0 Å². The first-order valence-electron chi connectivity index (χ1n) is 8.03. The van der Waals surface area contributed by atoms with E-state index in [1.54, 1.807) is 0 Å². The first-order chi connectivity index (χ1) is 11.8. The van der Waals surface area contributed by atoms with Crippen LogP contribution in [-0.4, -0.2) is 19.9 Å². The van der Waals surface area contributed by atoms with Gasteiger partial charge in [0.15, 0.2) is 11.5 Å². The van der Waals surface area contributed by atoms with Gasteiger partial charge in [-0.15, -0.1) is 0 Å². The number of hydrogen-bond donors (Lipinski definition) is 0. The number of hydrogen-bond acceptors (Lipinski definition) is 4. The van der Waals surface area contributed by atoms with Crippen LogP contribution in [0.2, 0.25) is 0 Å². The summed E-state index contributed by atoms with van der Waals surface area (Å²) >= 11 is 0. The minimum Gasteiger partial charge on any atom is -0.526 e. The Kier molecular flexibility index (Phi) is 6.50. The van der Waals surface area contributed by atoms with Gasteiger partial charge in [-0.2, -0.15) is 0 Å². The predicted molar refractivity (Wildman–Crippen MR) is 92.7 cm³/mol. The first-order valence-corrected chi connectivity index (χ1v) is 8.03. The first kappa shape index (κ1) is 18.9. The van der Waals surface area contributed by atoms with Gasteiger partial charge in [0, 0.05) is 12.1 Å². The monoisotopic (exact) mass is 350 g/mol. The highest BCUT2D eigenvalue weighted by atomic mass is 19.1. The molecular formula is C18H21BF2O4. The third kappa shape index (κ3) is 5.85. The minimum atomic E-state index is -0.421. The van der Waals surface area contributed by atoms with Crippen molar-refractivity contribution in [3.05, 3.63) is 48.0 Å². The van der Waals surface area contributed by atoms with Crippen molar-refractivity contribution < 1.29 is 27.6 Å². The van der Waals surface area contributed by atoms with E-state index in [4.69, 9.17) is 18.8 Å². The van der Waals surface area contributed by atoms with Crippen LogP contribution >= 0.6 is 0 Å². The van der Waals surface area contributed by atoms with E-state index in [-0.39, 0.29) is 31.4 Å². The number of benzene rings is 2. The summed E-state index contributed by atoms with van der Waals surface area (Å²) in [7, 11) is -0.166. The van der Waals surface area contributed by atoms with Gasteiger partial charge >= 0.3 is 7.69 Å². The van der Waals surface area contributed by atoms with Crippen molar-refractivity contribution >= 4 is 7.69 Å². The Bertz CT molecular complexity index is 648. The van der Waals surface area contributed by atoms with Crippen molar-refractivity contribution in [3.63, 3.8) is 0 Å². The molecule has 0 heterocycles. The summed E-state index contributed by atoms with van der Waals surface area (Å²) in [6.45, 7) is 7.33. The summed E-state index contributed by atoms with van der Waals surface area (Å²) in [5.74, 6) is 0.435. The molecular weight excluding hydrogens is 329 g/mol. The summed E-state index contributed by atoms with van der Waals surface area (Å²) in [4.78, 5) is 0. The smallest absolute Gasteiger partial charge is 0.526 e. The van der Waals surface area contributed by atoms with Crippen molar-refractivity contribution in [3.8, 4) is 23.0 Å². The van der Waals surface area contributed by atoms with E-state index in [1.807, 2.05) is 27.7 Å². The molecule has 0 aliphatic heterocycles. The van der Waals surface area contributed by atoms with E-state index < -0.39 is 11.6 Å². The second kappa shape index (κ2) is 8.60. The molecule has 0 spiro atoms. The van der Waals surface area contributed by atoms with E-state index >= 15 is 0 Å². The molecule has 0 radical (unpaired) electrons. The van der Waals surface area contributed by atoms with Gasteiger partial charge in [-0.3, -0.25) is 0 Å². The molecule has 0 aromatic heterocycles. The molecule has 0 N–H and O–H groups in total. The van der Waals surface area contributed by atoms with Crippen LogP contribution in [0.25, 0.3) is 0 Å². The lowest BCUT2D eigenvalue weighted by Gasteiger charge is -2.17. The summed E-state index contributed by atoms with van der Waals surface area (Å²) in [5.41, 5.74) is 0. The molecule has 0 unspecified atom stereocenters. The molecule has 0 saturated heterocycles. The molecule has 0 bridgehead atoms. The average Bonchev–Trinajstić information content (AvgIpc) is 2.50. The fourth-order valence-electron chi connectivity index (χ4n) is 2.05. The van der Waals surface area contributed by atoms with E-state index in [2.05, 4.69) is 0 Å². The molecule has 7 heteroatoms. The molecule has 4 nitrogen and oxygen atoms in total. The Morgan fingerprint density at radius 2 is 1.08 bits per heavy atom. The molecule has 134 valence electrons. The quantitative estimate of drug-likeness (QED) is 0.667. The molecule has 2 aromatic carbocycles. The maximum absolute atomic E-state index is 13.4. The van der Waals surface area contributed by atoms with Crippen LogP contribution < -0.4 is 18.8 Å². The topological polar surface area (TPSA) is 36.9 Å². The Morgan fingerprint density at radius 3 is 1.44 bits per heavy atom. The summed E-state index contributed by atoms with van der Waals surface area (Å²) < 4.78 is 48.9. The largest absolute Gasteiger partial charge is 0.576 e. The van der Waals surface area contributed by atoms with E-state index in [9.17, 15) is 8.78 Å². The lowest BCUT2D eigenvalue weighted by Crippen LogP contribution is -2.15. The van der Waals surface area contributed by atoms with Crippen LogP contribution in [0.3, 0.4) is 0 Å². The molecule has 0 aliphatic carbocycles. The molecule has 2 rings (SSSR count). The number of rotatable bonds is 8. The van der Waals surface area contributed by atoms with Gasteiger partial charge in [0.2, 0.25) is 0 Å². The zero-order valence-corrected chi connectivity index (χ0v) is 14.7. The van der Waals surface area contributed by atoms with Crippen LogP contribution in [0, 0.1) is 11.6 Å². The number of halogens is 2. The average molecular weight is 350 g/mol. The van der Waals surface area contributed by atoms with Crippen LogP contribution in [0.5, 0.6) is 23.0 Å². The van der Waals surface area contributed by atoms with Crippen LogP contribution in [0.15, 0.2) is 36.4 Å². The lowest BCUT2D eigenvalue weighted by atomic mass is 10.2. The Morgan fingerprint density at radius 1 is 0.680 bits per heavy atom. The third-order valence-electron chi connectivity index (χ3n) is 2.97. The van der Waals surface area contributed by atoms with Gasteiger partial charge in [0.05, 0.1) is 12.2 Å². The molecule has 0 amide bonds. The molecule has 0 saturated carbocycles. The lowest BCUT2D eigenvalue weighted by molar-refractivity contribution is 0.231. The van der Waals surface area contributed by atoms with Gasteiger partial charge in [0.25, 0.3) is 0 Å². The SMILES string of the molecule is CC(C)Oc1cc(F)ccc1OBOc1ccc(F)cc1OC(C)C. The van der Waals surface area contributed by atoms with Crippen molar-refractivity contribution in [1.82, 2.24) is 0 Å². The maximum atomic E-state index is 13.4. The summed E-state index contributed by atoms with van der Waals surface area (Å²) in [5, 5.41) is 0. The van der Waals surface area contributed by atoms with E-state index in [1.165, 1.54) is 36.4 Å². The van der Waals surface area contributed by atoms with Gasteiger partial charge in [-0.1, -0.05) is 0 Å². The Hall–Kier alpha value is -2.44. The van der Waals surface area contributed by atoms with Crippen molar-refractivity contribution in [2.45, 2.75) is 39.9 Å². The van der Waals surface area contributed by atoms with Crippen LogP contribution in [0.4, 0.5) is 8.78 Å². The highest BCUT2D eigenvalue weighted by molar-refractivity contribution is 6.21. The fourth-order valence-corrected chi connectivity index (χ4v) is 2.05. The van der Waals surface area contributed by atoms with Crippen LogP contribution in [0.1, 0.15) is 27.7 Å². The molecule has 25 heavy (non-hydrogen) atoms. The fraction of sp³-hybridized carbons (Fsp3) is 0.333. The van der Waals surface area contributed by atoms with Gasteiger partial charge in [-0.25, -0.2) is 8.78 Å². The highest BCUT2D eigenvalue weighted by Crippen LogP contribution is 2.31. The van der Waals surface area contributed by atoms with Crippen LogP contribution in [-0.2, 0) is 0 Å². The zero-order chi connectivity index (χ0) is 18.4. The van der Waals surface area contributed by atoms with Crippen molar-refractivity contribution in [1.29, 1.82) is 0 Å². The summed E-state index contributed by atoms with van der Waals surface area (Å²) in [6.07, 6.45) is -0.263. The summed E-state index contributed by atoms with van der Waals surface area (Å²) in [6, 6.07) is 7.97. The molecule has 0 atom stereocenters. The Balaban J connectivity index is 2.06. The standard InChI is InChI=1S/C18H21BF2O4/c1-11(2)22-17-9-13(20)5-7-15(17)24-19-25-16-8-6-14(21)10-18(16)23-12(3)4/h5-12,19H,1-4H3. The molecule has 0 fully saturated rings. The molecule has 2 aromatic rings. The van der Waals surface area contributed by atoms with E-state index in [0.29, 0.717) is 11.5 Å². The van der Waals surface area contributed by atoms with E-state index in [0.717, 1.165) is 0 Å². The molecule has 0 aliphatic rings. The second-order valence-electron chi connectivity index (χ2n) is 5.92. The highest BCUT2D eigenvalue weighted by Gasteiger charge is 2.13. The van der Waals surface area contributed by atoms with Gasteiger partial charge < -0.3 is 18.8 Å². The zero-order valence-electron chi connectivity index (χ0n) is 14.7. The minimum absolute atomic E-state index is 0.131. The third-order valence-corrected chi connectivity index (χ3v) is 2.97. The number of ether oxygens (including phenoxy) is 2.